The highest BCUT2D eigenvalue weighted by atomic mass is 16.4. The lowest BCUT2D eigenvalue weighted by Gasteiger charge is -2.23. The average Bonchev–Trinajstić information content (AvgIpc) is 2.95. The lowest BCUT2D eigenvalue weighted by molar-refractivity contribution is -0.142. The predicted octanol–water partition coefficient (Wildman–Crippen LogP) is -2.27. The highest BCUT2D eigenvalue weighted by molar-refractivity contribution is 5.92. The summed E-state index contributed by atoms with van der Waals surface area (Å²) in [6.07, 6.45) is 1.58. The molecule has 0 aromatic carbocycles. The van der Waals surface area contributed by atoms with Gasteiger partial charge in [0.05, 0.1) is 18.5 Å². The maximum Gasteiger partial charge on any atom is 0.326 e. The largest absolute Gasteiger partial charge is 0.480 e. The number of H-pyrrole nitrogens is 1. The number of amides is 2. The van der Waals surface area contributed by atoms with Crippen molar-refractivity contribution in [2.75, 3.05) is 0 Å². The molecule has 0 unspecified atom stereocenters. The van der Waals surface area contributed by atoms with E-state index in [9.17, 15) is 24.6 Å². The lowest BCUT2D eigenvalue weighted by Crippen LogP contribution is -2.58. The van der Waals surface area contributed by atoms with Crippen molar-refractivity contribution >= 4 is 17.8 Å². The molecule has 1 rings (SSSR count). The van der Waals surface area contributed by atoms with E-state index in [1.807, 2.05) is 0 Å². The molecule has 7 N–H and O–H groups in total. The number of rotatable bonds is 8. The molecule has 0 bridgehead atoms. The Morgan fingerprint density at radius 3 is 2.39 bits per heavy atom. The minimum absolute atomic E-state index is 0.0190. The van der Waals surface area contributed by atoms with Crippen LogP contribution in [0.25, 0.3) is 0 Å². The van der Waals surface area contributed by atoms with E-state index >= 15 is 0 Å². The zero-order valence-electron chi connectivity index (χ0n) is 12.8. The normalized spacial score (nSPS) is 16.0. The van der Waals surface area contributed by atoms with Crippen LogP contribution >= 0.6 is 0 Å². The summed E-state index contributed by atoms with van der Waals surface area (Å²) in [5.41, 5.74) is 5.91. The topological polar surface area (TPSA) is 170 Å². The van der Waals surface area contributed by atoms with Crippen molar-refractivity contribution in [2.24, 2.45) is 5.73 Å². The number of nitrogens with two attached hydrogens (primary N) is 1. The van der Waals surface area contributed by atoms with Gasteiger partial charge in [-0.25, -0.2) is 9.78 Å². The number of hydrogen-bond donors (Lipinski definition) is 6. The fourth-order valence-electron chi connectivity index (χ4n) is 1.77. The number of nitrogens with one attached hydrogen (secondary N) is 3. The van der Waals surface area contributed by atoms with Crippen LogP contribution in [0, 0.1) is 0 Å². The van der Waals surface area contributed by atoms with Crippen LogP contribution in [-0.4, -0.2) is 62.2 Å². The second-order valence-corrected chi connectivity index (χ2v) is 5.20. The minimum atomic E-state index is -1.31. The van der Waals surface area contributed by atoms with E-state index in [1.165, 1.54) is 26.4 Å². The number of hydrogen-bond acceptors (Lipinski definition) is 6. The molecule has 0 fully saturated rings. The van der Waals surface area contributed by atoms with E-state index in [0.29, 0.717) is 5.69 Å². The Hall–Kier alpha value is -2.46. The molecule has 1 aromatic heterocycles. The first-order valence-electron chi connectivity index (χ1n) is 6.96. The molecular formula is C13H21N5O5. The zero-order chi connectivity index (χ0) is 17.6. The van der Waals surface area contributed by atoms with E-state index in [-0.39, 0.29) is 6.42 Å². The number of aliphatic hydroxyl groups excluding tert-OH is 1. The van der Waals surface area contributed by atoms with Crippen LogP contribution in [0.1, 0.15) is 19.5 Å². The summed E-state index contributed by atoms with van der Waals surface area (Å²) in [5, 5.41) is 23.4. The number of aromatic amines is 1. The van der Waals surface area contributed by atoms with E-state index in [1.54, 1.807) is 0 Å². The molecule has 128 valence electrons. The molecule has 4 atom stereocenters. The van der Waals surface area contributed by atoms with Crippen molar-refractivity contribution in [3.63, 3.8) is 0 Å². The Bertz CT molecular complexity index is 543. The summed E-state index contributed by atoms with van der Waals surface area (Å²) >= 11 is 0. The quantitative estimate of drug-likeness (QED) is 0.312. The van der Waals surface area contributed by atoms with Crippen molar-refractivity contribution in [3.05, 3.63) is 18.2 Å². The number of carbonyl (C=O) groups excluding carboxylic acids is 2. The van der Waals surface area contributed by atoms with Gasteiger partial charge in [0, 0.05) is 18.3 Å². The Labute approximate surface area is 132 Å². The van der Waals surface area contributed by atoms with Gasteiger partial charge in [-0.3, -0.25) is 9.59 Å². The van der Waals surface area contributed by atoms with Crippen LogP contribution in [0.4, 0.5) is 0 Å². The van der Waals surface area contributed by atoms with Gasteiger partial charge in [0.1, 0.15) is 12.1 Å². The third-order valence-electron chi connectivity index (χ3n) is 3.07. The summed E-state index contributed by atoms with van der Waals surface area (Å²) in [6.45, 7) is 2.72. The lowest BCUT2D eigenvalue weighted by atomic mass is 10.1. The summed E-state index contributed by atoms with van der Waals surface area (Å²) in [5.74, 6) is -2.71. The standard InChI is InChI=1S/C13H21N5O5/c1-6(14)11(20)18-10(7(2)19)12(21)17-9(13(22)23)3-8-4-15-5-16-8/h4-7,9-10,19H,3,14H2,1-2H3,(H,15,16)(H,17,21)(H,18,20)(H,22,23)/t6-,7+,9-,10-/m0/s1. The van der Waals surface area contributed by atoms with Gasteiger partial charge in [0.25, 0.3) is 0 Å². The number of imidazole rings is 1. The molecule has 2 amide bonds. The van der Waals surface area contributed by atoms with E-state index in [4.69, 9.17) is 5.73 Å². The van der Waals surface area contributed by atoms with Crippen LogP contribution in [0.2, 0.25) is 0 Å². The van der Waals surface area contributed by atoms with Gasteiger partial charge in [0.2, 0.25) is 11.8 Å². The molecule has 0 spiro atoms. The summed E-state index contributed by atoms with van der Waals surface area (Å²) in [4.78, 5) is 41.5. The van der Waals surface area contributed by atoms with Crippen molar-refractivity contribution in [2.45, 2.75) is 44.5 Å². The zero-order valence-corrected chi connectivity index (χ0v) is 12.8. The van der Waals surface area contributed by atoms with Gasteiger partial charge < -0.3 is 31.6 Å². The first-order chi connectivity index (χ1) is 10.7. The Morgan fingerprint density at radius 1 is 1.30 bits per heavy atom. The molecule has 10 heteroatoms. The molecule has 0 saturated carbocycles. The Kier molecular flexibility index (Phi) is 6.66. The van der Waals surface area contributed by atoms with E-state index in [2.05, 4.69) is 20.6 Å². The van der Waals surface area contributed by atoms with Crippen LogP contribution < -0.4 is 16.4 Å². The first kappa shape index (κ1) is 18.6. The van der Waals surface area contributed by atoms with Crippen molar-refractivity contribution in [1.29, 1.82) is 0 Å². The Morgan fingerprint density at radius 2 is 1.96 bits per heavy atom. The molecule has 10 nitrogen and oxygen atoms in total. The molecule has 0 saturated heterocycles. The van der Waals surface area contributed by atoms with Crippen LogP contribution in [0.3, 0.4) is 0 Å². The molecule has 23 heavy (non-hydrogen) atoms. The minimum Gasteiger partial charge on any atom is -0.480 e. The third kappa shape index (κ3) is 5.68. The van der Waals surface area contributed by atoms with Crippen molar-refractivity contribution < 1.29 is 24.6 Å². The fourth-order valence-corrected chi connectivity index (χ4v) is 1.77. The first-order valence-corrected chi connectivity index (χ1v) is 6.96. The molecule has 0 aliphatic carbocycles. The maximum atomic E-state index is 12.2. The number of carbonyl (C=O) groups is 3. The fraction of sp³-hybridized carbons (Fsp3) is 0.538. The SMILES string of the molecule is C[C@H](N)C(=O)N[C@H](C(=O)N[C@@H](Cc1cnc[nH]1)C(=O)O)[C@@H](C)O. The highest BCUT2D eigenvalue weighted by Crippen LogP contribution is 2.01. The Balaban J connectivity index is 2.77. The molecule has 1 heterocycles. The van der Waals surface area contributed by atoms with E-state index in [0.717, 1.165) is 0 Å². The number of aliphatic hydroxyl groups is 1. The molecule has 0 aliphatic rings. The molecule has 1 aromatic rings. The van der Waals surface area contributed by atoms with Crippen molar-refractivity contribution in [3.8, 4) is 0 Å². The van der Waals surface area contributed by atoms with Gasteiger partial charge in [-0.05, 0) is 13.8 Å². The summed E-state index contributed by atoms with van der Waals surface area (Å²) < 4.78 is 0. The third-order valence-corrected chi connectivity index (χ3v) is 3.07. The summed E-state index contributed by atoms with van der Waals surface area (Å²) in [6, 6.07) is -3.42. The average molecular weight is 327 g/mol. The van der Waals surface area contributed by atoms with Crippen molar-refractivity contribution in [1.82, 2.24) is 20.6 Å². The number of carboxylic acid groups (broad SMARTS) is 1. The smallest absolute Gasteiger partial charge is 0.326 e. The van der Waals surface area contributed by atoms with E-state index < -0.39 is 42.0 Å². The molecular weight excluding hydrogens is 306 g/mol. The number of carboxylic acids is 1. The number of nitrogens with zero attached hydrogens (tertiary/aromatic N) is 1. The van der Waals surface area contributed by atoms with Gasteiger partial charge >= 0.3 is 5.97 Å². The molecule has 0 radical (unpaired) electrons. The van der Waals surface area contributed by atoms with Gasteiger partial charge in [-0.1, -0.05) is 0 Å². The van der Waals surface area contributed by atoms with Crippen LogP contribution in [-0.2, 0) is 20.8 Å². The van der Waals surface area contributed by atoms with Gasteiger partial charge in [-0.15, -0.1) is 0 Å². The highest BCUT2D eigenvalue weighted by Gasteiger charge is 2.30. The predicted molar refractivity (Wildman–Crippen MR) is 79.1 cm³/mol. The van der Waals surface area contributed by atoms with Gasteiger partial charge in [-0.2, -0.15) is 0 Å². The van der Waals surface area contributed by atoms with Crippen LogP contribution in [0.15, 0.2) is 12.5 Å². The monoisotopic (exact) mass is 327 g/mol. The number of aliphatic carboxylic acids is 1. The number of aromatic nitrogens is 2. The maximum absolute atomic E-state index is 12.2. The summed E-state index contributed by atoms with van der Waals surface area (Å²) in [7, 11) is 0. The van der Waals surface area contributed by atoms with Gasteiger partial charge in [0.15, 0.2) is 0 Å². The molecule has 0 aliphatic heterocycles. The second-order valence-electron chi connectivity index (χ2n) is 5.20. The second kappa shape index (κ2) is 8.25. The van der Waals surface area contributed by atoms with Crippen LogP contribution in [0.5, 0.6) is 0 Å².